The van der Waals surface area contributed by atoms with E-state index in [-0.39, 0.29) is 37.0 Å². The molecule has 1 fully saturated rings. The van der Waals surface area contributed by atoms with Gasteiger partial charge >= 0.3 is 0 Å². The molecule has 0 unspecified atom stereocenters. The highest BCUT2D eigenvalue weighted by molar-refractivity contribution is 5.97. The molecule has 1 heterocycles. The fourth-order valence-electron chi connectivity index (χ4n) is 3.39. The molecule has 0 spiro atoms. The van der Waals surface area contributed by atoms with Gasteiger partial charge in [-0.15, -0.1) is 0 Å². The topological polar surface area (TPSA) is 70.9 Å². The van der Waals surface area contributed by atoms with Gasteiger partial charge in [-0.25, -0.2) is 4.39 Å². The molecule has 6 nitrogen and oxygen atoms in total. The van der Waals surface area contributed by atoms with Crippen molar-refractivity contribution in [3.05, 3.63) is 66.0 Å². The number of rotatable bonds is 7. The molecule has 0 bridgehead atoms. The molecule has 0 atom stereocenters. The number of ketones is 1. The summed E-state index contributed by atoms with van der Waals surface area (Å²) in [6.45, 7) is 2.71. The number of amides is 2. The number of hydrogen-bond donors (Lipinski definition) is 2. The predicted octanol–water partition coefficient (Wildman–Crippen LogP) is 1.15. The van der Waals surface area contributed by atoms with E-state index in [1.807, 2.05) is 18.2 Å². The zero-order valence-corrected chi connectivity index (χ0v) is 16.2. The van der Waals surface area contributed by atoms with E-state index in [9.17, 15) is 18.8 Å². The van der Waals surface area contributed by atoms with Gasteiger partial charge in [0.25, 0.3) is 5.91 Å². The van der Waals surface area contributed by atoms with Crippen molar-refractivity contribution >= 4 is 23.3 Å². The Balaban J connectivity index is 1.38. The average Bonchev–Trinajstić information content (AvgIpc) is 2.73. The van der Waals surface area contributed by atoms with E-state index < -0.39 is 5.82 Å². The maximum atomic E-state index is 13.2. The van der Waals surface area contributed by atoms with Crippen molar-refractivity contribution in [3.63, 3.8) is 0 Å². The molecule has 1 aliphatic heterocycles. The van der Waals surface area contributed by atoms with Crippen molar-refractivity contribution in [2.45, 2.75) is 12.8 Å². The molecule has 29 heavy (non-hydrogen) atoms. The number of hydrogen-bond acceptors (Lipinski definition) is 3. The zero-order chi connectivity index (χ0) is 20.6. The summed E-state index contributed by atoms with van der Waals surface area (Å²) in [5.74, 6) is -0.637. The van der Waals surface area contributed by atoms with Crippen LogP contribution in [0, 0.1) is 5.82 Å². The van der Waals surface area contributed by atoms with E-state index in [2.05, 4.69) is 5.32 Å². The highest BCUT2D eigenvalue weighted by atomic mass is 19.1. The van der Waals surface area contributed by atoms with Crippen LogP contribution < -0.4 is 10.2 Å². The third-order valence-corrected chi connectivity index (χ3v) is 5.00. The van der Waals surface area contributed by atoms with Gasteiger partial charge in [-0.1, -0.05) is 36.4 Å². The second kappa shape index (κ2) is 9.93. The molecule has 0 saturated carbocycles. The van der Waals surface area contributed by atoms with Crippen molar-refractivity contribution in [1.82, 2.24) is 4.90 Å². The van der Waals surface area contributed by atoms with Crippen LogP contribution in [0.1, 0.15) is 23.2 Å². The van der Waals surface area contributed by atoms with Crippen molar-refractivity contribution < 1.29 is 23.7 Å². The zero-order valence-electron chi connectivity index (χ0n) is 16.2. The van der Waals surface area contributed by atoms with Crippen molar-refractivity contribution in [3.8, 4) is 0 Å². The maximum absolute atomic E-state index is 13.2. The minimum atomic E-state index is -0.395. The molecule has 1 aliphatic rings. The molecule has 7 heteroatoms. The lowest BCUT2D eigenvalue weighted by Gasteiger charge is -2.32. The average molecular weight is 398 g/mol. The monoisotopic (exact) mass is 398 g/mol. The second-order valence-corrected chi connectivity index (χ2v) is 7.16. The molecule has 0 aromatic heterocycles. The minimum Gasteiger partial charge on any atom is -0.331 e. The first-order valence-corrected chi connectivity index (χ1v) is 9.76. The van der Waals surface area contributed by atoms with Crippen molar-refractivity contribution in [2.24, 2.45) is 0 Å². The molecule has 0 aliphatic carbocycles. The number of carbonyl (C=O) groups is 3. The Kier molecular flexibility index (Phi) is 7.08. The molecule has 2 aromatic carbocycles. The molecule has 152 valence electrons. The SMILES string of the molecule is O=C(C[NH+]1CCN(C(=O)CCC(=O)c2ccccc2)CC1)Nc1cccc(F)c1. The van der Waals surface area contributed by atoms with Crippen LogP contribution in [-0.4, -0.2) is 55.2 Å². The van der Waals surface area contributed by atoms with Gasteiger partial charge in [-0.05, 0) is 18.2 Å². The minimum absolute atomic E-state index is 0.0301. The summed E-state index contributed by atoms with van der Waals surface area (Å²) in [4.78, 5) is 39.5. The standard InChI is InChI=1S/C22H24FN3O3/c23-18-7-4-8-19(15-18)24-21(28)16-25-11-13-26(14-12-25)22(29)10-9-20(27)17-5-2-1-3-6-17/h1-8,15H,9-14,16H2,(H,24,28)/p+1. The fraction of sp³-hybridized carbons (Fsp3) is 0.318. The molecule has 0 radical (unpaired) electrons. The lowest BCUT2D eigenvalue weighted by Crippen LogP contribution is -3.15. The summed E-state index contributed by atoms with van der Waals surface area (Å²) in [5, 5.41) is 2.69. The van der Waals surface area contributed by atoms with E-state index in [1.165, 1.54) is 12.1 Å². The summed E-state index contributed by atoms with van der Waals surface area (Å²) in [6, 6.07) is 14.8. The first-order valence-electron chi connectivity index (χ1n) is 9.76. The third-order valence-electron chi connectivity index (χ3n) is 5.00. The lowest BCUT2D eigenvalue weighted by molar-refractivity contribution is -0.895. The Labute approximate surface area is 169 Å². The molecular formula is C22H25FN3O3+. The number of piperazine rings is 1. The molecular weight excluding hydrogens is 373 g/mol. The predicted molar refractivity (Wildman–Crippen MR) is 107 cm³/mol. The van der Waals surface area contributed by atoms with Crippen LogP contribution in [0.4, 0.5) is 10.1 Å². The van der Waals surface area contributed by atoms with Gasteiger partial charge < -0.3 is 15.1 Å². The van der Waals surface area contributed by atoms with E-state index in [0.717, 1.165) is 4.90 Å². The van der Waals surface area contributed by atoms with E-state index in [0.29, 0.717) is 37.4 Å². The number of quaternary nitrogens is 1. The Morgan fingerprint density at radius 1 is 0.966 bits per heavy atom. The first kappa shape index (κ1) is 20.7. The summed E-state index contributed by atoms with van der Waals surface area (Å²) in [7, 11) is 0. The van der Waals surface area contributed by atoms with Crippen LogP contribution >= 0.6 is 0 Å². The Morgan fingerprint density at radius 2 is 1.69 bits per heavy atom. The van der Waals surface area contributed by atoms with Gasteiger partial charge in [-0.2, -0.15) is 0 Å². The first-order chi connectivity index (χ1) is 14.0. The number of nitrogens with zero attached hydrogens (tertiary/aromatic N) is 1. The van der Waals surface area contributed by atoms with Crippen LogP contribution in [0.3, 0.4) is 0 Å². The molecule has 3 rings (SSSR count). The van der Waals surface area contributed by atoms with Gasteiger partial charge in [0.1, 0.15) is 5.82 Å². The summed E-state index contributed by atoms with van der Waals surface area (Å²) in [6.07, 6.45) is 0.398. The quantitative estimate of drug-likeness (QED) is 0.688. The van der Waals surface area contributed by atoms with Gasteiger partial charge in [-0.3, -0.25) is 14.4 Å². The number of Topliss-reactive ketones (excluding diaryl/α,β-unsaturated/α-hetero) is 1. The summed E-state index contributed by atoms with van der Waals surface area (Å²) < 4.78 is 13.2. The van der Waals surface area contributed by atoms with Crippen LogP contribution in [0.15, 0.2) is 54.6 Å². The molecule has 1 saturated heterocycles. The van der Waals surface area contributed by atoms with Crippen molar-refractivity contribution in [2.75, 3.05) is 38.0 Å². The number of benzene rings is 2. The summed E-state index contributed by atoms with van der Waals surface area (Å²) >= 11 is 0. The largest absolute Gasteiger partial charge is 0.331 e. The highest BCUT2D eigenvalue weighted by Gasteiger charge is 2.25. The highest BCUT2D eigenvalue weighted by Crippen LogP contribution is 2.09. The third kappa shape index (κ3) is 6.22. The van der Waals surface area contributed by atoms with Gasteiger partial charge in [0.05, 0.1) is 26.2 Å². The van der Waals surface area contributed by atoms with E-state index in [4.69, 9.17) is 0 Å². The van der Waals surface area contributed by atoms with Crippen LogP contribution in [-0.2, 0) is 9.59 Å². The van der Waals surface area contributed by atoms with Gasteiger partial charge in [0, 0.05) is 24.1 Å². The molecule has 2 N–H and O–H groups in total. The Morgan fingerprint density at radius 3 is 2.38 bits per heavy atom. The normalized spacial score (nSPS) is 14.4. The summed E-state index contributed by atoms with van der Waals surface area (Å²) in [5.41, 5.74) is 1.06. The number of carbonyl (C=O) groups excluding carboxylic acids is 3. The maximum Gasteiger partial charge on any atom is 0.279 e. The van der Waals surface area contributed by atoms with Crippen LogP contribution in [0.2, 0.25) is 0 Å². The van der Waals surface area contributed by atoms with E-state index in [1.54, 1.807) is 29.2 Å². The van der Waals surface area contributed by atoms with E-state index >= 15 is 0 Å². The fourth-order valence-corrected chi connectivity index (χ4v) is 3.39. The van der Waals surface area contributed by atoms with Crippen molar-refractivity contribution in [1.29, 1.82) is 0 Å². The Hall–Kier alpha value is -3.06. The molecule has 2 amide bonds. The van der Waals surface area contributed by atoms with Crippen LogP contribution in [0.25, 0.3) is 0 Å². The molecule has 2 aromatic rings. The lowest BCUT2D eigenvalue weighted by atomic mass is 10.1. The number of anilines is 1. The van der Waals surface area contributed by atoms with Gasteiger partial charge in [0.15, 0.2) is 12.3 Å². The number of nitrogens with one attached hydrogen (secondary N) is 2. The second-order valence-electron chi connectivity index (χ2n) is 7.16. The Bertz CT molecular complexity index is 865. The smallest absolute Gasteiger partial charge is 0.279 e. The van der Waals surface area contributed by atoms with Gasteiger partial charge in [0.2, 0.25) is 5.91 Å². The number of halogens is 1. The van der Waals surface area contributed by atoms with Crippen LogP contribution in [0.5, 0.6) is 0 Å².